The van der Waals surface area contributed by atoms with Crippen LogP contribution in [-0.2, 0) is 7.05 Å². The van der Waals surface area contributed by atoms with Gasteiger partial charge in [-0.05, 0) is 55.0 Å². The van der Waals surface area contributed by atoms with Crippen molar-refractivity contribution in [2.45, 2.75) is 6.92 Å². The smallest absolute Gasteiger partial charge is 0.297 e. The van der Waals surface area contributed by atoms with Gasteiger partial charge in [0.25, 0.3) is 5.82 Å². The van der Waals surface area contributed by atoms with E-state index in [4.69, 9.17) is 9.40 Å². The van der Waals surface area contributed by atoms with Gasteiger partial charge in [-0.3, -0.25) is 0 Å². The molecule has 4 heteroatoms. The van der Waals surface area contributed by atoms with Gasteiger partial charge in [-0.25, -0.2) is 9.55 Å². The molecule has 0 fully saturated rings. The normalized spacial score (nSPS) is 11.4. The third-order valence-electron chi connectivity index (χ3n) is 6.04. The molecule has 32 heavy (non-hydrogen) atoms. The Labute approximate surface area is 186 Å². The van der Waals surface area contributed by atoms with Crippen LogP contribution in [0.15, 0.2) is 101 Å². The summed E-state index contributed by atoms with van der Waals surface area (Å²) in [6.07, 6.45) is 0. The molecule has 6 rings (SSSR count). The summed E-state index contributed by atoms with van der Waals surface area (Å²) in [5.74, 6) is 1.71. The second-order valence-electron chi connectivity index (χ2n) is 8.03. The minimum absolute atomic E-state index is 0.637. The van der Waals surface area contributed by atoms with Crippen molar-refractivity contribution in [2.75, 3.05) is 0 Å². The molecule has 0 aliphatic rings. The molecular formula is C28H22N3O+. The highest BCUT2D eigenvalue weighted by Gasteiger charge is 2.29. The maximum atomic E-state index is 6.20. The summed E-state index contributed by atoms with van der Waals surface area (Å²) in [4.78, 5) is 4.97. The highest BCUT2D eigenvalue weighted by Crippen LogP contribution is 2.36. The van der Waals surface area contributed by atoms with Crippen LogP contribution in [0, 0.1) is 6.92 Å². The zero-order valence-corrected chi connectivity index (χ0v) is 18.0. The molecule has 154 valence electrons. The number of aromatic nitrogens is 3. The van der Waals surface area contributed by atoms with E-state index in [1.165, 1.54) is 0 Å². The maximum Gasteiger partial charge on any atom is 0.297 e. The van der Waals surface area contributed by atoms with E-state index in [2.05, 4.69) is 77.7 Å². The Kier molecular flexibility index (Phi) is 4.18. The topological polar surface area (TPSA) is 34.8 Å². The van der Waals surface area contributed by atoms with Crippen LogP contribution >= 0.6 is 0 Å². The van der Waals surface area contributed by atoms with Crippen molar-refractivity contribution in [3.05, 3.63) is 103 Å². The number of aryl methyl sites for hydroxylation is 2. The lowest BCUT2D eigenvalue weighted by atomic mass is 10.1. The molecule has 0 bridgehead atoms. The molecule has 0 aliphatic carbocycles. The van der Waals surface area contributed by atoms with Crippen molar-refractivity contribution in [2.24, 2.45) is 7.05 Å². The third kappa shape index (κ3) is 2.77. The molecule has 6 aromatic rings. The lowest BCUT2D eigenvalue weighted by molar-refractivity contribution is -0.633. The van der Waals surface area contributed by atoms with Gasteiger partial charge < -0.3 is 4.42 Å². The number of para-hydroxylation sites is 3. The van der Waals surface area contributed by atoms with Gasteiger partial charge in [0.05, 0.1) is 12.6 Å². The SMILES string of the molecule is Cc1ccc2oc(-c3ccccc3)nc2c1-c1n(-c2ccccc2)c2ccccc2[n+]1C. The van der Waals surface area contributed by atoms with Gasteiger partial charge in [0.2, 0.25) is 5.89 Å². The molecule has 0 unspecified atom stereocenters. The summed E-state index contributed by atoms with van der Waals surface area (Å²) < 4.78 is 10.8. The molecule has 0 saturated heterocycles. The molecule has 0 saturated carbocycles. The molecule has 2 aromatic heterocycles. The van der Waals surface area contributed by atoms with Gasteiger partial charge >= 0.3 is 0 Å². The second-order valence-corrected chi connectivity index (χ2v) is 8.03. The van der Waals surface area contributed by atoms with Crippen molar-refractivity contribution >= 4 is 22.1 Å². The Morgan fingerprint density at radius 3 is 2.25 bits per heavy atom. The van der Waals surface area contributed by atoms with Gasteiger partial charge in [-0.2, -0.15) is 4.57 Å². The van der Waals surface area contributed by atoms with Gasteiger partial charge in [-0.15, -0.1) is 0 Å². The van der Waals surface area contributed by atoms with Gasteiger partial charge in [0.15, 0.2) is 16.6 Å². The highest BCUT2D eigenvalue weighted by molar-refractivity contribution is 5.93. The van der Waals surface area contributed by atoms with E-state index in [0.29, 0.717) is 5.89 Å². The predicted molar refractivity (Wildman–Crippen MR) is 128 cm³/mol. The first kappa shape index (κ1) is 18.6. The van der Waals surface area contributed by atoms with E-state index < -0.39 is 0 Å². The van der Waals surface area contributed by atoms with Gasteiger partial charge in [-0.1, -0.05) is 54.6 Å². The zero-order valence-electron chi connectivity index (χ0n) is 18.0. The Morgan fingerprint density at radius 2 is 1.47 bits per heavy atom. The third-order valence-corrected chi connectivity index (χ3v) is 6.04. The summed E-state index contributed by atoms with van der Waals surface area (Å²) in [5.41, 5.74) is 8.29. The summed E-state index contributed by atoms with van der Waals surface area (Å²) in [5, 5.41) is 0. The number of rotatable bonds is 3. The summed E-state index contributed by atoms with van der Waals surface area (Å²) >= 11 is 0. The van der Waals surface area contributed by atoms with Gasteiger partial charge in [0, 0.05) is 5.56 Å². The Morgan fingerprint density at radius 1 is 0.781 bits per heavy atom. The van der Waals surface area contributed by atoms with Crippen molar-refractivity contribution in [3.63, 3.8) is 0 Å². The number of fused-ring (bicyclic) bond motifs is 2. The molecule has 0 atom stereocenters. The Balaban J connectivity index is 1.72. The zero-order chi connectivity index (χ0) is 21.7. The van der Waals surface area contributed by atoms with E-state index in [1.807, 2.05) is 42.5 Å². The van der Waals surface area contributed by atoms with Crippen LogP contribution in [-0.4, -0.2) is 9.55 Å². The van der Waals surface area contributed by atoms with Crippen LogP contribution in [0.25, 0.3) is 50.7 Å². The van der Waals surface area contributed by atoms with Crippen LogP contribution < -0.4 is 4.57 Å². The van der Waals surface area contributed by atoms with Crippen molar-refractivity contribution in [1.29, 1.82) is 0 Å². The maximum absolute atomic E-state index is 6.20. The van der Waals surface area contributed by atoms with Crippen molar-refractivity contribution in [3.8, 4) is 28.5 Å². The largest absolute Gasteiger partial charge is 0.436 e. The van der Waals surface area contributed by atoms with Crippen molar-refractivity contribution < 1.29 is 8.98 Å². The van der Waals surface area contributed by atoms with E-state index in [-0.39, 0.29) is 0 Å². The fourth-order valence-electron chi connectivity index (χ4n) is 4.51. The minimum atomic E-state index is 0.637. The molecule has 0 spiro atoms. The minimum Gasteiger partial charge on any atom is -0.436 e. The standard InChI is InChI=1S/C28H22N3O/c1-19-17-18-24-26(29-27(32-24)20-11-5-3-6-12-20)25(19)28-30(2)22-15-9-10-16-23(22)31(28)21-13-7-4-8-14-21/h3-18H,1-2H3/q+1. The summed E-state index contributed by atoms with van der Waals surface area (Å²) in [6.45, 7) is 2.14. The number of hydrogen-bond acceptors (Lipinski definition) is 2. The number of hydrogen-bond donors (Lipinski definition) is 0. The molecule has 0 aliphatic heterocycles. The monoisotopic (exact) mass is 416 g/mol. The van der Waals surface area contributed by atoms with Crippen LogP contribution in [0.2, 0.25) is 0 Å². The number of oxazole rings is 1. The first-order chi connectivity index (χ1) is 15.7. The number of nitrogens with zero attached hydrogens (tertiary/aromatic N) is 3. The molecule has 0 N–H and O–H groups in total. The molecular weight excluding hydrogens is 394 g/mol. The average molecular weight is 417 g/mol. The molecule has 4 nitrogen and oxygen atoms in total. The molecule has 2 heterocycles. The predicted octanol–water partition coefficient (Wildman–Crippen LogP) is 6.24. The van der Waals surface area contributed by atoms with E-state index in [1.54, 1.807) is 0 Å². The Hall–Kier alpha value is -4.18. The fraction of sp³-hybridized carbons (Fsp3) is 0.0714. The average Bonchev–Trinajstić information content (AvgIpc) is 3.40. The van der Waals surface area contributed by atoms with Crippen LogP contribution in [0.3, 0.4) is 0 Å². The molecule has 4 aromatic carbocycles. The van der Waals surface area contributed by atoms with E-state index >= 15 is 0 Å². The Bertz CT molecular complexity index is 1580. The van der Waals surface area contributed by atoms with Gasteiger partial charge in [0.1, 0.15) is 11.2 Å². The van der Waals surface area contributed by atoms with Crippen LogP contribution in [0.1, 0.15) is 5.56 Å². The van der Waals surface area contributed by atoms with E-state index in [0.717, 1.165) is 50.3 Å². The lowest BCUT2D eigenvalue weighted by Gasteiger charge is -2.06. The molecule has 0 amide bonds. The summed E-state index contributed by atoms with van der Waals surface area (Å²) in [7, 11) is 2.12. The fourth-order valence-corrected chi connectivity index (χ4v) is 4.51. The number of imidazole rings is 1. The lowest BCUT2D eigenvalue weighted by Crippen LogP contribution is -2.30. The quantitative estimate of drug-likeness (QED) is 0.320. The van der Waals surface area contributed by atoms with E-state index in [9.17, 15) is 0 Å². The molecule has 0 radical (unpaired) electrons. The first-order valence-electron chi connectivity index (χ1n) is 10.7. The van der Waals surface area contributed by atoms with Crippen molar-refractivity contribution in [1.82, 2.24) is 9.55 Å². The second kappa shape index (κ2) is 7.20. The number of benzene rings is 4. The summed E-state index contributed by atoms with van der Waals surface area (Å²) in [6, 6.07) is 33.2. The first-order valence-corrected chi connectivity index (χ1v) is 10.7. The van der Waals surface area contributed by atoms with Crippen LogP contribution in [0.4, 0.5) is 0 Å². The highest BCUT2D eigenvalue weighted by atomic mass is 16.3. The van der Waals surface area contributed by atoms with Crippen LogP contribution in [0.5, 0.6) is 0 Å².